The summed E-state index contributed by atoms with van der Waals surface area (Å²) in [5.41, 5.74) is 6.70. The minimum atomic E-state index is -0.374. The summed E-state index contributed by atoms with van der Waals surface area (Å²) in [6, 6.07) is 22.7. The van der Waals surface area contributed by atoms with Crippen LogP contribution in [0.5, 0.6) is 5.88 Å². The van der Waals surface area contributed by atoms with Gasteiger partial charge in [0.05, 0.1) is 31.0 Å². The molecule has 200 valence electrons. The van der Waals surface area contributed by atoms with Crippen LogP contribution in [0.4, 0.5) is 0 Å². The highest BCUT2D eigenvalue weighted by molar-refractivity contribution is 5.97. The van der Waals surface area contributed by atoms with Crippen molar-refractivity contribution in [3.8, 4) is 17.0 Å². The van der Waals surface area contributed by atoms with Crippen molar-refractivity contribution in [3.05, 3.63) is 113 Å². The van der Waals surface area contributed by atoms with E-state index in [2.05, 4.69) is 29.0 Å². The number of carbonyl (C=O) groups is 2. The van der Waals surface area contributed by atoms with Crippen molar-refractivity contribution < 1.29 is 23.8 Å². The number of rotatable bonds is 11. The number of nitrogens with zero attached hydrogens (tertiary/aromatic N) is 2. The summed E-state index contributed by atoms with van der Waals surface area (Å²) in [6.07, 6.45) is 5.07. The number of hydrogen-bond acceptors (Lipinski definition) is 7. The summed E-state index contributed by atoms with van der Waals surface area (Å²) in [5.74, 6) is -0.187. The number of methoxy groups -OCH3 is 2. The summed E-state index contributed by atoms with van der Waals surface area (Å²) < 4.78 is 15.9. The lowest BCUT2D eigenvalue weighted by Crippen LogP contribution is -2.07. The fourth-order valence-electron chi connectivity index (χ4n) is 4.33. The van der Waals surface area contributed by atoms with Crippen LogP contribution in [0.15, 0.2) is 79.1 Å². The van der Waals surface area contributed by atoms with E-state index in [1.54, 1.807) is 24.5 Å². The summed E-state index contributed by atoms with van der Waals surface area (Å²) in [4.78, 5) is 33.0. The average molecular weight is 525 g/mol. The Kier molecular flexibility index (Phi) is 9.40. The lowest BCUT2D eigenvalue weighted by atomic mass is 9.96. The number of ether oxygens (including phenoxy) is 3. The number of unbranched alkanes of at least 4 members (excludes halogenated alkanes) is 1. The second-order valence-corrected chi connectivity index (χ2v) is 9.10. The Morgan fingerprint density at radius 3 is 2.18 bits per heavy atom. The number of benzene rings is 3. The predicted molar refractivity (Wildman–Crippen MR) is 149 cm³/mol. The van der Waals surface area contributed by atoms with Crippen molar-refractivity contribution in [2.75, 3.05) is 14.2 Å². The molecule has 1 heterocycles. The molecule has 0 atom stereocenters. The van der Waals surface area contributed by atoms with Crippen LogP contribution in [0.1, 0.15) is 62.9 Å². The second kappa shape index (κ2) is 13.3. The van der Waals surface area contributed by atoms with E-state index in [1.807, 2.05) is 42.5 Å². The van der Waals surface area contributed by atoms with Crippen molar-refractivity contribution in [1.29, 1.82) is 0 Å². The molecule has 0 aliphatic rings. The molecule has 0 aliphatic carbocycles. The lowest BCUT2D eigenvalue weighted by molar-refractivity contribution is 0.0592. The number of hydrogen-bond donors (Lipinski definition) is 0. The Morgan fingerprint density at radius 1 is 0.795 bits per heavy atom. The molecular formula is C32H32N2O5. The van der Waals surface area contributed by atoms with Crippen molar-refractivity contribution in [3.63, 3.8) is 0 Å². The van der Waals surface area contributed by atoms with Gasteiger partial charge in [-0.2, -0.15) is 0 Å². The molecule has 7 heteroatoms. The molecule has 7 nitrogen and oxygen atoms in total. The van der Waals surface area contributed by atoms with Crippen LogP contribution in [0.25, 0.3) is 11.1 Å². The second-order valence-electron chi connectivity index (χ2n) is 9.10. The zero-order chi connectivity index (χ0) is 27.6. The monoisotopic (exact) mass is 524 g/mol. The largest absolute Gasteiger partial charge is 0.473 e. The van der Waals surface area contributed by atoms with E-state index in [9.17, 15) is 9.59 Å². The van der Waals surface area contributed by atoms with E-state index in [4.69, 9.17) is 14.2 Å². The summed E-state index contributed by atoms with van der Waals surface area (Å²) in [5, 5.41) is 0. The Labute approximate surface area is 228 Å². The van der Waals surface area contributed by atoms with Gasteiger partial charge in [-0.1, -0.05) is 67.9 Å². The molecule has 0 aliphatic heterocycles. The van der Waals surface area contributed by atoms with Gasteiger partial charge in [-0.3, -0.25) is 0 Å². The van der Waals surface area contributed by atoms with Gasteiger partial charge in [-0.25, -0.2) is 19.6 Å². The first-order chi connectivity index (χ1) is 19.0. The van der Waals surface area contributed by atoms with Crippen molar-refractivity contribution in [1.82, 2.24) is 9.97 Å². The molecule has 3 aromatic carbocycles. The molecule has 0 unspecified atom stereocenters. The van der Waals surface area contributed by atoms with E-state index in [0.717, 1.165) is 52.8 Å². The van der Waals surface area contributed by atoms with Gasteiger partial charge >= 0.3 is 11.9 Å². The molecule has 0 saturated carbocycles. The summed E-state index contributed by atoms with van der Waals surface area (Å²) >= 11 is 0. The SMILES string of the molecule is CCCCc1ncnc(OCc2ccc(C(=O)OC)cc2)c1Cc1ccc(-c2ccccc2C(=O)OC)cc1. The molecule has 1 aromatic heterocycles. The Morgan fingerprint density at radius 2 is 1.49 bits per heavy atom. The number of carbonyl (C=O) groups excluding carboxylic acids is 2. The van der Waals surface area contributed by atoms with E-state index >= 15 is 0 Å². The van der Waals surface area contributed by atoms with E-state index < -0.39 is 0 Å². The summed E-state index contributed by atoms with van der Waals surface area (Å²) in [6.45, 7) is 2.46. The maximum absolute atomic E-state index is 12.2. The van der Waals surface area contributed by atoms with Crippen LogP contribution in [-0.4, -0.2) is 36.1 Å². The predicted octanol–water partition coefficient (Wildman–Crippen LogP) is 6.23. The highest BCUT2D eigenvalue weighted by Gasteiger charge is 2.16. The normalized spacial score (nSPS) is 10.6. The van der Waals surface area contributed by atoms with Crippen molar-refractivity contribution in [2.45, 2.75) is 39.2 Å². The van der Waals surface area contributed by atoms with Crippen LogP contribution >= 0.6 is 0 Å². The lowest BCUT2D eigenvalue weighted by Gasteiger charge is -2.15. The summed E-state index contributed by atoms with van der Waals surface area (Å²) in [7, 11) is 2.75. The number of esters is 2. The Hall–Kier alpha value is -4.52. The zero-order valence-electron chi connectivity index (χ0n) is 22.5. The van der Waals surface area contributed by atoms with E-state index in [-0.39, 0.29) is 11.9 Å². The van der Waals surface area contributed by atoms with Crippen LogP contribution < -0.4 is 4.74 Å². The van der Waals surface area contributed by atoms with Gasteiger partial charge in [0.2, 0.25) is 5.88 Å². The fraction of sp³-hybridized carbons (Fsp3) is 0.250. The standard InChI is InChI=1S/C32H32N2O5/c1-4-5-10-29-28(30(34-21-33-29)39-20-23-13-17-25(18-14-23)31(35)37-2)19-22-11-15-24(16-12-22)26-8-6-7-9-27(26)32(36)38-3/h6-9,11-18,21H,4-5,10,19-20H2,1-3H3. The van der Waals surface area contributed by atoms with Gasteiger partial charge in [-0.05, 0) is 53.3 Å². The van der Waals surface area contributed by atoms with Gasteiger partial charge in [-0.15, -0.1) is 0 Å². The van der Waals surface area contributed by atoms with Crippen LogP contribution in [0.2, 0.25) is 0 Å². The quantitative estimate of drug-likeness (QED) is 0.215. The van der Waals surface area contributed by atoms with Crippen molar-refractivity contribution in [2.24, 2.45) is 0 Å². The topological polar surface area (TPSA) is 87.6 Å². The first-order valence-corrected chi connectivity index (χ1v) is 12.9. The van der Waals surface area contributed by atoms with E-state index in [0.29, 0.717) is 30.0 Å². The van der Waals surface area contributed by atoms with Crippen LogP contribution in [-0.2, 0) is 28.9 Å². The Bertz CT molecular complexity index is 1420. The van der Waals surface area contributed by atoms with Gasteiger partial charge in [0, 0.05) is 12.0 Å². The highest BCUT2D eigenvalue weighted by atomic mass is 16.5. The maximum atomic E-state index is 12.2. The molecule has 0 fully saturated rings. The molecule has 39 heavy (non-hydrogen) atoms. The van der Waals surface area contributed by atoms with Gasteiger partial charge in [0.25, 0.3) is 0 Å². The van der Waals surface area contributed by atoms with Crippen molar-refractivity contribution >= 4 is 11.9 Å². The Balaban J connectivity index is 1.56. The first kappa shape index (κ1) is 27.5. The highest BCUT2D eigenvalue weighted by Crippen LogP contribution is 2.28. The van der Waals surface area contributed by atoms with Crippen LogP contribution in [0, 0.1) is 0 Å². The van der Waals surface area contributed by atoms with E-state index in [1.165, 1.54) is 14.2 Å². The maximum Gasteiger partial charge on any atom is 0.338 e. The molecule has 4 rings (SSSR count). The molecular weight excluding hydrogens is 492 g/mol. The minimum Gasteiger partial charge on any atom is -0.473 e. The average Bonchev–Trinajstić information content (AvgIpc) is 2.99. The molecule has 0 amide bonds. The number of aryl methyl sites for hydroxylation is 1. The first-order valence-electron chi connectivity index (χ1n) is 12.9. The van der Waals surface area contributed by atoms with Crippen LogP contribution in [0.3, 0.4) is 0 Å². The fourth-order valence-corrected chi connectivity index (χ4v) is 4.33. The molecule has 0 saturated heterocycles. The molecule has 0 N–H and O–H groups in total. The third-order valence-corrected chi connectivity index (χ3v) is 6.49. The molecule has 0 radical (unpaired) electrons. The van der Waals surface area contributed by atoms with Gasteiger partial charge in [0.1, 0.15) is 12.9 Å². The third-order valence-electron chi connectivity index (χ3n) is 6.49. The molecule has 0 bridgehead atoms. The smallest absolute Gasteiger partial charge is 0.338 e. The van der Waals surface area contributed by atoms with Gasteiger partial charge in [0.15, 0.2) is 0 Å². The third kappa shape index (κ3) is 6.87. The number of aromatic nitrogens is 2. The molecule has 0 spiro atoms. The van der Waals surface area contributed by atoms with Gasteiger partial charge < -0.3 is 14.2 Å². The zero-order valence-corrected chi connectivity index (χ0v) is 22.5. The minimum absolute atomic E-state index is 0.307. The molecule has 4 aromatic rings.